The first-order chi connectivity index (χ1) is 11.6. The molecule has 3 rings (SSSR count). The van der Waals surface area contributed by atoms with Gasteiger partial charge >= 0.3 is 0 Å². The van der Waals surface area contributed by atoms with Crippen LogP contribution in [0.3, 0.4) is 0 Å². The Labute approximate surface area is 143 Å². The Kier molecular flexibility index (Phi) is 5.63. The zero-order chi connectivity index (χ0) is 16.9. The summed E-state index contributed by atoms with van der Waals surface area (Å²) in [6.07, 6.45) is 7.38. The molecule has 2 fully saturated rings. The minimum atomic E-state index is 0.164. The van der Waals surface area contributed by atoms with Gasteiger partial charge in [0.2, 0.25) is 5.91 Å². The van der Waals surface area contributed by atoms with Gasteiger partial charge in [-0.1, -0.05) is 0 Å². The third-order valence-electron chi connectivity index (χ3n) is 4.92. The first-order valence-corrected chi connectivity index (χ1v) is 8.74. The summed E-state index contributed by atoms with van der Waals surface area (Å²) in [5, 5.41) is 0. The molecule has 2 aliphatic heterocycles. The molecule has 1 atom stereocenters. The van der Waals surface area contributed by atoms with E-state index >= 15 is 0 Å². The van der Waals surface area contributed by atoms with Gasteiger partial charge in [-0.3, -0.25) is 14.7 Å². The fourth-order valence-electron chi connectivity index (χ4n) is 3.53. The van der Waals surface area contributed by atoms with Crippen LogP contribution in [0.2, 0.25) is 0 Å². The fraction of sp³-hybridized carbons (Fsp3) is 0.706. The quantitative estimate of drug-likeness (QED) is 0.805. The number of carbonyl (C=O) groups excluding carboxylic acids is 1. The van der Waals surface area contributed by atoms with E-state index in [-0.39, 0.29) is 5.91 Å². The zero-order valence-electron chi connectivity index (χ0n) is 14.6. The highest BCUT2D eigenvalue weighted by molar-refractivity contribution is 5.81. The lowest BCUT2D eigenvalue weighted by Crippen LogP contribution is -2.52. The largest absolute Gasteiger partial charge is 0.376 e. The van der Waals surface area contributed by atoms with Crippen molar-refractivity contribution < 1.29 is 9.53 Å². The minimum absolute atomic E-state index is 0.164. The van der Waals surface area contributed by atoms with Gasteiger partial charge in [0, 0.05) is 51.7 Å². The summed E-state index contributed by atoms with van der Waals surface area (Å²) in [5.41, 5.74) is 0. The highest BCUT2D eigenvalue weighted by Gasteiger charge is 2.29. The molecule has 0 spiro atoms. The Hall–Kier alpha value is -1.73. The Morgan fingerprint density at radius 3 is 2.79 bits per heavy atom. The summed E-state index contributed by atoms with van der Waals surface area (Å²) >= 11 is 0. The van der Waals surface area contributed by atoms with Crippen LogP contribution in [0, 0.1) is 0 Å². The van der Waals surface area contributed by atoms with Crippen LogP contribution in [0.5, 0.6) is 0 Å². The monoisotopic (exact) mass is 333 g/mol. The molecule has 2 saturated heterocycles. The maximum absolute atomic E-state index is 12.5. The van der Waals surface area contributed by atoms with E-state index in [1.165, 1.54) is 0 Å². The molecule has 2 aliphatic rings. The van der Waals surface area contributed by atoms with Crippen LogP contribution >= 0.6 is 0 Å². The highest BCUT2D eigenvalue weighted by atomic mass is 16.5. The van der Waals surface area contributed by atoms with Gasteiger partial charge in [0.05, 0.1) is 25.5 Å². The van der Waals surface area contributed by atoms with Crippen LogP contribution < -0.4 is 4.90 Å². The van der Waals surface area contributed by atoms with Crippen LogP contribution in [-0.4, -0.2) is 84.2 Å². The van der Waals surface area contributed by atoms with Crippen molar-refractivity contribution in [1.29, 1.82) is 0 Å². The van der Waals surface area contributed by atoms with Gasteiger partial charge in [-0.2, -0.15) is 0 Å². The number of aromatic nitrogens is 2. The van der Waals surface area contributed by atoms with Crippen molar-refractivity contribution in [1.82, 2.24) is 19.8 Å². The number of ether oxygens (including phenoxy) is 1. The molecule has 7 nitrogen and oxygen atoms in total. The van der Waals surface area contributed by atoms with Crippen molar-refractivity contribution in [2.75, 3.05) is 51.3 Å². The number of amides is 1. The number of hydrogen-bond acceptors (Lipinski definition) is 6. The van der Waals surface area contributed by atoms with Gasteiger partial charge in [0.15, 0.2) is 0 Å². The summed E-state index contributed by atoms with van der Waals surface area (Å²) in [5.74, 6) is 0.889. The fourth-order valence-corrected chi connectivity index (χ4v) is 3.53. The standard InChI is InChI=1S/C17H27N5O2/c1-14-12-22(9-10-24-14)15-3-7-21(8-4-15)17(23)13-20(2)16-11-18-5-6-19-16/h5-6,11,14-15H,3-4,7-10,12-13H2,1-2H3/t14-/m1/s1. The van der Waals surface area contributed by atoms with Crippen molar-refractivity contribution >= 4 is 11.7 Å². The average molecular weight is 333 g/mol. The molecule has 1 aromatic heterocycles. The number of carbonyl (C=O) groups is 1. The molecule has 1 amide bonds. The zero-order valence-corrected chi connectivity index (χ0v) is 14.6. The number of anilines is 1. The Balaban J connectivity index is 1.46. The predicted molar refractivity (Wildman–Crippen MR) is 91.9 cm³/mol. The lowest BCUT2D eigenvalue weighted by atomic mass is 10.0. The van der Waals surface area contributed by atoms with E-state index in [0.717, 1.165) is 51.4 Å². The molecule has 0 bridgehead atoms. The molecule has 3 heterocycles. The molecule has 132 valence electrons. The molecular weight excluding hydrogens is 306 g/mol. The molecule has 1 aromatic rings. The van der Waals surface area contributed by atoms with Crippen molar-refractivity contribution in [3.8, 4) is 0 Å². The Morgan fingerprint density at radius 2 is 2.12 bits per heavy atom. The molecular formula is C17H27N5O2. The van der Waals surface area contributed by atoms with Crippen LogP contribution in [0.1, 0.15) is 19.8 Å². The topological polar surface area (TPSA) is 61.8 Å². The molecule has 0 N–H and O–H groups in total. The van der Waals surface area contributed by atoms with E-state index in [9.17, 15) is 4.79 Å². The lowest BCUT2D eigenvalue weighted by Gasteiger charge is -2.41. The number of morpholine rings is 1. The van der Waals surface area contributed by atoms with Crippen LogP contribution in [0.4, 0.5) is 5.82 Å². The first kappa shape index (κ1) is 17.1. The van der Waals surface area contributed by atoms with Crippen molar-refractivity contribution in [3.63, 3.8) is 0 Å². The average Bonchev–Trinajstić information content (AvgIpc) is 2.62. The van der Waals surface area contributed by atoms with Gasteiger partial charge in [-0.05, 0) is 19.8 Å². The number of nitrogens with zero attached hydrogens (tertiary/aromatic N) is 5. The smallest absolute Gasteiger partial charge is 0.242 e. The molecule has 0 radical (unpaired) electrons. The third kappa shape index (κ3) is 4.21. The summed E-state index contributed by atoms with van der Waals surface area (Å²) in [6, 6.07) is 0.582. The van der Waals surface area contributed by atoms with Crippen molar-refractivity contribution in [2.45, 2.75) is 31.9 Å². The van der Waals surface area contributed by atoms with Crippen molar-refractivity contribution in [2.24, 2.45) is 0 Å². The molecule has 24 heavy (non-hydrogen) atoms. The second kappa shape index (κ2) is 7.90. The Bertz CT molecular complexity index is 533. The summed E-state index contributed by atoms with van der Waals surface area (Å²) < 4.78 is 5.62. The van der Waals surface area contributed by atoms with Gasteiger partial charge in [-0.15, -0.1) is 0 Å². The molecule has 0 aromatic carbocycles. The second-order valence-corrected chi connectivity index (χ2v) is 6.71. The summed E-state index contributed by atoms with van der Waals surface area (Å²) in [7, 11) is 1.88. The van der Waals surface area contributed by atoms with E-state index in [2.05, 4.69) is 21.8 Å². The maximum atomic E-state index is 12.5. The first-order valence-electron chi connectivity index (χ1n) is 8.74. The van der Waals surface area contributed by atoms with Gasteiger partial charge in [0.1, 0.15) is 5.82 Å². The molecule has 0 aliphatic carbocycles. The maximum Gasteiger partial charge on any atom is 0.242 e. The van der Waals surface area contributed by atoms with E-state index in [1.54, 1.807) is 18.6 Å². The molecule has 0 unspecified atom stereocenters. The normalized spacial score (nSPS) is 23.2. The van der Waals surface area contributed by atoms with E-state index < -0.39 is 0 Å². The van der Waals surface area contributed by atoms with Crippen LogP contribution in [0.15, 0.2) is 18.6 Å². The predicted octanol–water partition coefficient (Wildman–Crippen LogP) is 0.625. The van der Waals surface area contributed by atoms with E-state index in [4.69, 9.17) is 4.74 Å². The summed E-state index contributed by atoms with van der Waals surface area (Å²) in [6.45, 7) is 6.99. The minimum Gasteiger partial charge on any atom is -0.376 e. The molecule has 0 saturated carbocycles. The van der Waals surface area contributed by atoms with Gasteiger partial charge in [0.25, 0.3) is 0 Å². The number of rotatable bonds is 4. The Morgan fingerprint density at radius 1 is 1.33 bits per heavy atom. The molecule has 7 heteroatoms. The lowest BCUT2D eigenvalue weighted by molar-refractivity contribution is -0.131. The second-order valence-electron chi connectivity index (χ2n) is 6.71. The number of likely N-dealkylation sites (tertiary alicyclic amines) is 1. The van der Waals surface area contributed by atoms with Gasteiger partial charge < -0.3 is 14.5 Å². The van der Waals surface area contributed by atoms with Gasteiger partial charge in [-0.25, -0.2) is 4.98 Å². The highest BCUT2D eigenvalue weighted by Crippen LogP contribution is 2.19. The number of piperidine rings is 1. The number of likely N-dealkylation sites (N-methyl/N-ethyl adjacent to an activating group) is 1. The van der Waals surface area contributed by atoms with Crippen molar-refractivity contribution in [3.05, 3.63) is 18.6 Å². The van der Waals surface area contributed by atoms with E-state index in [1.807, 2.05) is 16.8 Å². The number of hydrogen-bond donors (Lipinski definition) is 0. The van der Waals surface area contributed by atoms with E-state index in [0.29, 0.717) is 18.7 Å². The van der Waals surface area contributed by atoms with Crippen LogP contribution in [-0.2, 0) is 9.53 Å². The SMILES string of the molecule is C[C@@H]1CN(C2CCN(C(=O)CN(C)c3cnccn3)CC2)CCO1. The van der Waals surface area contributed by atoms with Crippen LogP contribution in [0.25, 0.3) is 0 Å². The summed E-state index contributed by atoms with van der Waals surface area (Å²) in [4.78, 5) is 27.2. The third-order valence-corrected chi connectivity index (χ3v) is 4.92.